The Balaban J connectivity index is 1.91. The Morgan fingerprint density at radius 3 is 1.97 bits per heavy atom. The summed E-state index contributed by atoms with van der Waals surface area (Å²) in [6, 6.07) is 26.5. The second-order valence-electron chi connectivity index (χ2n) is 7.23. The molecule has 2 aromatic heterocycles. The molecule has 7 heteroatoms. The molecule has 5 rings (SSSR count). The maximum absolute atomic E-state index is 14.1. The summed E-state index contributed by atoms with van der Waals surface area (Å²) in [7, 11) is 0. The van der Waals surface area contributed by atoms with Crippen LogP contribution in [0.3, 0.4) is 0 Å². The summed E-state index contributed by atoms with van der Waals surface area (Å²) in [4.78, 5) is 4.65. The fourth-order valence-electron chi connectivity index (χ4n) is 3.68. The third kappa shape index (κ3) is 3.69. The zero-order chi connectivity index (χ0) is 22.3. The summed E-state index contributed by atoms with van der Waals surface area (Å²) >= 11 is 3.44. The van der Waals surface area contributed by atoms with Crippen molar-refractivity contribution in [2.75, 3.05) is 0 Å². The molecule has 0 aliphatic carbocycles. The van der Waals surface area contributed by atoms with E-state index in [9.17, 15) is 13.2 Å². The number of hydrogen-bond acceptors (Lipinski definition) is 2. The standard InChI is InChI=1S/C25H15BrF3N3/c26-19-13-7-12-18(14-19)23-22(17-10-5-2-6-11-17)24-30-20(16-8-3-1-4-9-16)15-21(25(27,28)29)32(24)31-23/h1-15H. The third-order valence-corrected chi connectivity index (χ3v) is 5.60. The van der Waals surface area contributed by atoms with E-state index in [0.717, 1.165) is 20.6 Å². The van der Waals surface area contributed by atoms with Gasteiger partial charge in [-0.15, -0.1) is 0 Å². The van der Waals surface area contributed by atoms with Gasteiger partial charge in [0, 0.05) is 15.6 Å². The lowest BCUT2D eigenvalue weighted by atomic mass is 10.0. The van der Waals surface area contributed by atoms with Crippen LogP contribution < -0.4 is 0 Å². The molecule has 0 aliphatic heterocycles. The number of hydrogen-bond donors (Lipinski definition) is 0. The molecule has 5 aromatic rings. The van der Waals surface area contributed by atoms with Crippen molar-refractivity contribution in [2.24, 2.45) is 0 Å². The summed E-state index contributed by atoms with van der Waals surface area (Å²) in [5, 5.41) is 4.41. The third-order valence-electron chi connectivity index (χ3n) is 5.11. The lowest BCUT2D eigenvalue weighted by Gasteiger charge is -2.11. The highest BCUT2D eigenvalue weighted by Gasteiger charge is 2.36. The molecule has 0 fully saturated rings. The predicted octanol–water partition coefficient (Wildman–Crippen LogP) is 7.51. The minimum absolute atomic E-state index is 0.153. The number of benzene rings is 3. The smallest absolute Gasteiger partial charge is 0.228 e. The summed E-state index contributed by atoms with van der Waals surface area (Å²) in [6.45, 7) is 0. The number of nitrogens with zero attached hydrogens (tertiary/aromatic N) is 3. The highest BCUT2D eigenvalue weighted by molar-refractivity contribution is 9.10. The van der Waals surface area contributed by atoms with Crippen molar-refractivity contribution in [3.63, 3.8) is 0 Å². The molecule has 3 nitrogen and oxygen atoms in total. The van der Waals surface area contributed by atoms with Gasteiger partial charge in [-0.2, -0.15) is 18.3 Å². The zero-order valence-corrected chi connectivity index (χ0v) is 18.1. The molecule has 0 spiro atoms. The second-order valence-corrected chi connectivity index (χ2v) is 8.14. The Morgan fingerprint density at radius 1 is 0.719 bits per heavy atom. The fraction of sp³-hybridized carbons (Fsp3) is 0.0400. The van der Waals surface area contributed by atoms with E-state index in [0.29, 0.717) is 22.4 Å². The first-order chi connectivity index (χ1) is 15.4. The van der Waals surface area contributed by atoms with Gasteiger partial charge in [-0.05, 0) is 23.8 Å². The van der Waals surface area contributed by atoms with Crippen LogP contribution in [-0.4, -0.2) is 14.6 Å². The maximum atomic E-state index is 14.1. The van der Waals surface area contributed by atoms with E-state index in [1.54, 1.807) is 24.3 Å². The van der Waals surface area contributed by atoms with Crippen molar-refractivity contribution in [3.05, 3.63) is 101 Å². The van der Waals surface area contributed by atoms with Gasteiger partial charge < -0.3 is 0 Å². The van der Waals surface area contributed by atoms with E-state index in [1.165, 1.54) is 0 Å². The van der Waals surface area contributed by atoms with Crippen molar-refractivity contribution in [2.45, 2.75) is 6.18 Å². The van der Waals surface area contributed by atoms with Gasteiger partial charge in [0.2, 0.25) is 0 Å². The average Bonchev–Trinajstić information content (AvgIpc) is 3.18. The van der Waals surface area contributed by atoms with Crippen LogP contribution >= 0.6 is 15.9 Å². The van der Waals surface area contributed by atoms with Crippen molar-refractivity contribution in [1.29, 1.82) is 0 Å². The van der Waals surface area contributed by atoms with E-state index in [4.69, 9.17) is 0 Å². The molecule has 0 bridgehead atoms. The Morgan fingerprint density at radius 2 is 1.34 bits per heavy atom. The van der Waals surface area contributed by atoms with Gasteiger partial charge in [-0.25, -0.2) is 9.50 Å². The maximum Gasteiger partial charge on any atom is 0.433 e. The molecule has 0 saturated carbocycles. The van der Waals surface area contributed by atoms with Crippen LogP contribution in [0.5, 0.6) is 0 Å². The Kier molecular flexibility index (Phi) is 5.06. The van der Waals surface area contributed by atoms with Crippen molar-refractivity contribution in [1.82, 2.24) is 14.6 Å². The highest BCUT2D eigenvalue weighted by Crippen LogP contribution is 2.39. The van der Waals surface area contributed by atoms with E-state index in [2.05, 4.69) is 26.0 Å². The summed E-state index contributed by atoms with van der Waals surface area (Å²) < 4.78 is 44.1. The summed E-state index contributed by atoms with van der Waals surface area (Å²) in [6.07, 6.45) is -4.61. The topological polar surface area (TPSA) is 30.2 Å². The Labute approximate surface area is 190 Å². The molecule has 3 aromatic carbocycles. The minimum Gasteiger partial charge on any atom is -0.228 e. The molecule has 158 valence electrons. The van der Waals surface area contributed by atoms with Gasteiger partial charge in [0.1, 0.15) is 5.69 Å². The van der Waals surface area contributed by atoms with Crippen LogP contribution in [0.15, 0.2) is 95.5 Å². The molecule has 0 unspecified atom stereocenters. The predicted molar refractivity (Wildman–Crippen MR) is 122 cm³/mol. The van der Waals surface area contributed by atoms with Gasteiger partial charge in [-0.1, -0.05) is 88.7 Å². The quantitative estimate of drug-likeness (QED) is 0.260. The molecule has 32 heavy (non-hydrogen) atoms. The van der Waals surface area contributed by atoms with E-state index >= 15 is 0 Å². The number of aromatic nitrogens is 3. The SMILES string of the molecule is FC(F)(F)c1cc(-c2ccccc2)nc2c(-c3ccccc3)c(-c3cccc(Br)c3)nn12. The van der Waals surface area contributed by atoms with E-state index in [1.807, 2.05) is 60.7 Å². The second kappa shape index (κ2) is 7.91. The fourth-order valence-corrected chi connectivity index (χ4v) is 4.08. The van der Waals surface area contributed by atoms with E-state index < -0.39 is 11.9 Å². The molecule has 0 aliphatic rings. The molecule has 0 amide bonds. The largest absolute Gasteiger partial charge is 0.433 e. The van der Waals surface area contributed by atoms with Crippen molar-refractivity contribution in [3.8, 4) is 33.6 Å². The normalized spacial score (nSPS) is 11.8. The first-order valence-corrected chi connectivity index (χ1v) is 10.6. The van der Waals surface area contributed by atoms with Crippen LogP contribution in [0.2, 0.25) is 0 Å². The molecule has 0 saturated heterocycles. The monoisotopic (exact) mass is 493 g/mol. The van der Waals surface area contributed by atoms with Crippen molar-refractivity contribution < 1.29 is 13.2 Å². The van der Waals surface area contributed by atoms with Crippen LogP contribution in [-0.2, 0) is 6.18 Å². The Bertz CT molecular complexity index is 1410. The van der Waals surface area contributed by atoms with Crippen molar-refractivity contribution >= 4 is 21.6 Å². The number of rotatable bonds is 3. The van der Waals surface area contributed by atoms with Crippen LogP contribution in [0.25, 0.3) is 39.3 Å². The zero-order valence-electron chi connectivity index (χ0n) is 16.5. The minimum atomic E-state index is -4.61. The lowest BCUT2D eigenvalue weighted by molar-refractivity contribution is -0.142. The molecule has 0 atom stereocenters. The molecular weight excluding hydrogens is 479 g/mol. The highest BCUT2D eigenvalue weighted by atomic mass is 79.9. The van der Waals surface area contributed by atoms with Gasteiger partial charge in [0.05, 0.1) is 11.3 Å². The summed E-state index contributed by atoms with van der Waals surface area (Å²) in [5.74, 6) is 0. The van der Waals surface area contributed by atoms with Crippen LogP contribution in [0.1, 0.15) is 5.69 Å². The van der Waals surface area contributed by atoms with E-state index in [-0.39, 0.29) is 11.3 Å². The number of alkyl halides is 3. The molecular formula is C25H15BrF3N3. The average molecular weight is 494 g/mol. The van der Waals surface area contributed by atoms with Crippen LogP contribution in [0.4, 0.5) is 13.2 Å². The molecule has 2 heterocycles. The number of halogens is 4. The van der Waals surface area contributed by atoms with Gasteiger partial charge >= 0.3 is 6.18 Å². The first kappa shape index (κ1) is 20.5. The summed E-state index contributed by atoms with van der Waals surface area (Å²) in [5.41, 5.74) is 2.53. The molecule has 0 N–H and O–H groups in total. The van der Waals surface area contributed by atoms with Crippen LogP contribution in [0, 0.1) is 0 Å². The van der Waals surface area contributed by atoms with Gasteiger partial charge in [-0.3, -0.25) is 0 Å². The first-order valence-electron chi connectivity index (χ1n) is 9.79. The Hall–Kier alpha value is -3.45. The van der Waals surface area contributed by atoms with Gasteiger partial charge in [0.25, 0.3) is 0 Å². The van der Waals surface area contributed by atoms with Gasteiger partial charge in [0.15, 0.2) is 11.3 Å². The lowest BCUT2D eigenvalue weighted by Crippen LogP contribution is -2.13. The molecule has 0 radical (unpaired) electrons. The number of fused-ring (bicyclic) bond motifs is 1.